The lowest BCUT2D eigenvalue weighted by molar-refractivity contribution is 0.0669. The van der Waals surface area contributed by atoms with Gasteiger partial charge in [-0.05, 0) is 113 Å². The lowest BCUT2D eigenvalue weighted by Gasteiger charge is -2.41. The minimum Gasteiger partial charge on any atom is -0.393 e. The summed E-state index contributed by atoms with van der Waals surface area (Å²) in [5.74, 6) is 4.94. The third-order valence-corrected chi connectivity index (χ3v) is 7.28. The van der Waals surface area contributed by atoms with Gasteiger partial charge in [0.05, 0.1) is 6.10 Å². The van der Waals surface area contributed by atoms with Crippen LogP contribution in [0.25, 0.3) is 0 Å². The summed E-state index contributed by atoms with van der Waals surface area (Å²) in [6, 6.07) is 0. The van der Waals surface area contributed by atoms with Crippen LogP contribution in [0.1, 0.15) is 83.5 Å². The minimum atomic E-state index is 0.0124. The highest BCUT2D eigenvalue weighted by Crippen LogP contribution is 2.45. The molecule has 0 aromatic heterocycles. The Balaban J connectivity index is 1.39. The molecule has 3 aliphatic carbocycles. The van der Waals surface area contributed by atoms with Gasteiger partial charge < -0.3 is 5.11 Å². The topological polar surface area (TPSA) is 20.2 Å². The van der Waals surface area contributed by atoms with Gasteiger partial charge >= 0.3 is 0 Å². The lowest BCUT2D eigenvalue weighted by atomic mass is 9.65. The summed E-state index contributed by atoms with van der Waals surface area (Å²) in [4.78, 5) is 0. The van der Waals surface area contributed by atoms with E-state index in [1.807, 2.05) is 0 Å². The molecule has 3 rings (SSSR count). The predicted octanol–water partition coefficient (Wildman–Crippen LogP) is 5.73. The van der Waals surface area contributed by atoms with E-state index in [9.17, 15) is 5.11 Å². The summed E-state index contributed by atoms with van der Waals surface area (Å²) in [6.45, 7) is 3.91. The molecule has 0 heterocycles. The van der Waals surface area contributed by atoms with Crippen LogP contribution in [0.3, 0.4) is 0 Å². The van der Waals surface area contributed by atoms with Crippen LogP contribution in [-0.4, -0.2) is 11.2 Å². The van der Waals surface area contributed by atoms with E-state index < -0.39 is 0 Å². The van der Waals surface area contributed by atoms with E-state index in [1.165, 1.54) is 70.6 Å². The predicted molar refractivity (Wildman–Crippen MR) is 93.7 cm³/mol. The van der Waals surface area contributed by atoms with Gasteiger partial charge in [-0.2, -0.15) is 0 Å². The normalized spacial score (nSPS) is 43.7. The molecule has 0 aromatic carbocycles. The van der Waals surface area contributed by atoms with Gasteiger partial charge in [0, 0.05) is 0 Å². The maximum atomic E-state index is 9.69. The van der Waals surface area contributed by atoms with Crippen molar-refractivity contribution < 1.29 is 5.11 Å². The second kappa shape index (κ2) is 7.99. The Morgan fingerprint density at radius 2 is 1.00 bits per heavy atom. The summed E-state index contributed by atoms with van der Waals surface area (Å²) < 4.78 is 0. The molecule has 3 aliphatic rings. The molecule has 0 atom stereocenters. The average molecular weight is 305 g/mol. The first-order valence-electron chi connectivity index (χ1n) is 10.0. The van der Waals surface area contributed by atoms with Crippen molar-refractivity contribution >= 4 is 0 Å². The standard InChI is InChI=1S/C21H36O/c1-2-3-16-4-6-17(7-5-16)18-8-10-19(11-9-18)20-12-14-21(22)15-13-20/h2,16-22H,1,3-15H2/t16-,17-,18-,19-,20?,21?. The first kappa shape index (κ1) is 16.6. The highest BCUT2D eigenvalue weighted by atomic mass is 16.3. The molecule has 0 bridgehead atoms. The molecule has 1 nitrogen and oxygen atoms in total. The monoisotopic (exact) mass is 304 g/mol. The number of hydrogen-bond donors (Lipinski definition) is 1. The van der Waals surface area contributed by atoms with Gasteiger partial charge in [-0.3, -0.25) is 0 Å². The van der Waals surface area contributed by atoms with Crippen LogP contribution in [0.4, 0.5) is 0 Å². The van der Waals surface area contributed by atoms with Crippen LogP contribution in [0.5, 0.6) is 0 Å². The van der Waals surface area contributed by atoms with Crippen LogP contribution in [-0.2, 0) is 0 Å². The van der Waals surface area contributed by atoms with Crippen molar-refractivity contribution in [1.29, 1.82) is 0 Å². The molecular weight excluding hydrogens is 268 g/mol. The maximum Gasteiger partial charge on any atom is 0.0540 e. The third-order valence-electron chi connectivity index (χ3n) is 7.28. The van der Waals surface area contributed by atoms with Crippen LogP contribution >= 0.6 is 0 Å². The number of aliphatic hydroxyl groups excluding tert-OH is 1. The summed E-state index contributed by atoms with van der Waals surface area (Å²) in [5, 5.41) is 9.69. The van der Waals surface area contributed by atoms with E-state index >= 15 is 0 Å². The van der Waals surface area contributed by atoms with Crippen molar-refractivity contribution in [2.75, 3.05) is 0 Å². The quantitative estimate of drug-likeness (QED) is 0.658. The van der Waals surface area contributed by atoms with Crippen molar-refractivity contribution in [2.45, 2.75) is 89.6 Å². The highest BCUT2D eigenvalue weighted by Gasteiger charge is 2.34. The molecule has 0 spiro atoms. The molecule has 1 heteroatoms. The second-order valence-corrected chi connectivity index (χ2v) is 8.55. The molecule has 22 heavy (non-hydrogen) atoms. The third kappa shape index (κ3) is 4.16. The van der Waals surface area contributed by atoms with E-state index in [2.05, 4.69) is 12.7 Å². The van der Waals surface area contributed by atoms with Crippen LogP contribution in [0.15, 0.2) is 12.7 Å². The Hall–Kier alpha value is -0.300. The van der Waals surface area contributed by atoms with Crippen molar-refractivity contribution in [3.8, 4) is 0 Å². The van der Waals surface area contributed by atoms with E-state index in [1.54, 1.807) is 0 Å². The second-order valence-electron chi connectivity index (χ2n) is 8.55. The largest absolute Gasteiger partial charge is 0.393 e. The van der Waals surface area contributed by atoms with Crippen LogP contribution in [0.2, 0.25) is 0 Å². The molecule has 0 radical (unpaired) electrons. The molecule has 0 aliphatic heterocycles. The van der Waals surface area contributed by atoms with E-state index in [-0.39, 0.29) is 6.10 Å². The van der Waals surface area contributed by atoms with Gasteiger partial charge in [0.2, 0.25) is 0 Å². The van der Waals surface area contributed by atoms with Gasteiger partial charge in [0.15, 0.2) is 0 Å². The summed E-state index contributed by atoms with van der Waals surface area (Å²) in [6.07, 6.45) is 20.0. The summed E-state index contributed by atoms with van der Waals surface area (Å²) in [5.41, 5.74) is 0. The molecule has 0 unspecified atom stereocenters. The Bertz CT molecular complexity index is 326. The molecule has 0 amide bonds. The number of rotatable bonds is 4. The van der Waals surface area contributed by atoms with E-state index in [0.717, 1.165) is 42.4 Å². The van der Waals surface area contributed by atoms with Crippen molar-refractivity contribution in [2.24, 2.45) is 29.6 Å². The molecular formula is C21H36O. The SMILES string of the molecule is C=CC[C@H]1CC[C@H]([C@H]2CC[C@H](C3CCC(O)CC3)CC2)CC1. The van der Waals surface area contributed by atoms with Crippen LogP contribution < -0.4 is 0 Å². The number of allylic oxidation sites excluding steroid dienone is 1. The first-order valence-corrected chi connectivity index (χ1v) is 10.0. The first-order chi connectivity index (χ1) is 10.8. The number of aliphatic hydroxyl groups is 1. The fourth-order valence-electron chi connectivity index (χ4n) is 5.79. The summed E-state index contributed by atoms with van der Waals surface area (Å²) >= 11 is 0. The molecule has 126 valence electrons. The van der Waals surface area contributed by atoms with Crippen molar-refractivity contribution in [3.63, 3.8) is 0 Å². The zero-order valence-electron chi connectivity index (χ0n) is 14.4. The van der Waals surface area contributed by atoms with Crippen molar-refractivity contribution in [1.82, 2.24) is 0 Å². The van der Waals surface area contributed by atoms with Crippen LogP contribution in [0, 0.1) is 29.6 Å². The maximum absolute atomic E-state index is 9.69. The van der Waals surface area contributed by atoms with Crippen molar-refractivity contribution in [3.05, 3.63) is 12.7 Å². The zero-order valence-corrected chi connectivity index (χ0v) is 14.4. The molecule has 1 N–H and O–H groups in total. The fourth-order valence-corrected chi connectivity index (χ4v) is 5.79. The molecule has 0 saturated heterocycles. The fraction of sp³-hybridized carbons (Fsp3) is 0.905. The van der Waals surface area contributed by atoms with Gasteiger partial charge in [-0.25, -0.2) is 0 Å². The number of hydrogen-bond acceptors (Lipinski definition) is 1. The summed E-state index contributed by atoms with van der Waals surface area (Å²) in [7, 11) is 0. The Kier molecular flexibility index (Phi) is 6.02. The Labute approximate surface area is 137 Å². The van der Waals surface area contributed by atoms with E-state index in [4.69, 9.17) is 0 Å². The molecule has 3 saturated carbocycles. The smallest absolute Gasteiger partial charge is 0.0540 e. The molecule has 3 fully saturated rings. The Morgan fingerprint density at radius 3 is 1.41 bits per heavy atom. The minimum absolute atomic E-state index is 0.0124. The van der Waals surface area contributed by atoms with Gasteiger partial charge in [0.25, 0.3) is 0 Å². The van der Waals surface area contributed by atoms with Gasteiger partial charge in [0.1, 0.15) is 0 Å². The average Bonchev–Trinajstić information content (AvgIpc) is 2.57. The Morgan fingerprint density at radius 1 is 0.636 bits per heavy atom. The highest BCUT2D eigenvalue weighted by molar-refractivity contribution is 4.86. The lowest BCUT2D eigenvalue weighted by Crippen LogP contribution is -2.30. The van der Waals surface area contributed by atoms with E-state index in [0.29, 0.717) is 0 Å². The molecule has 0 aromatic rings. The van der Waals surface area contributed by atoms with Gasteiger partial charge in [-0.1, -0.05) is 6.08 Å². The van der Waals surface area contributed by atoms with Gasteiger partial charge in [-0.15, -0.1) is 6.58 Å². The zero-order chi connectivity index (χ0) is 15.4.